The minimum absolute atomic E-state index is 0.352. The molecule has 0 fully saturated rings. The van der Waals surface area contributed by atoms with Crippen LogP contribution in [0, 0.1) is 0 Å². The summed E-state index contributed by atoms with van der Waals surface area (Å²) in [5, 5.41) is 8.53. The Kier molecular flexibility index (Phi) is 10.8. The van der Waals surface area contributed by atoms with Crippen LogP contribution >= 0.6 is 31.9 Å². The maximum Gasteiger partial charge on any atom is 0.0697 e. The molecule has 0 spiro atoms. The second kappa shape index (κ2) is 10.0. The largest absolute Gasteiger partial charge is 0.396 e. The zero-order valence-electron chi connectivity index (χ0n) is 7.44. The van der Waals surface area contributed by atoms with Crippen LogP contribution in [0.4, 0.5) is 0 Å². The van der Waals surface area contributed by atoms with Gasteiger partial charge in [0.1, 0.15) is 0 Å². The highest BCUT2D eigenvalue weighted by molar-refractivity contribution is 9.24. The van der Waals surface area contributed by atoms with E-state index in [2.05, 4.69) is 31.9 Å². The van der Waals surface area contributed by atoms with Crippen LogP contribution < -0.4 is 0 Å². The molecule has 1 nitrogen and oxygen atoms in total. The maximum atomic E-state index is 8.53. The van der Waals surface area contributed by atoms with Gasteiger partial charge in [0.25, 0.3) is 0 Å². The van der Waals surface area contributed by atoms with Crippen molar-refractivity contribution in [2.24, 2.45) is 0 Å². The van der Waals surface area contributed by atoms with Gasteiger partial charge < -0.3 is 5.11 Å². The summed E-state index contributed by atoms with van der Waals surface area (Å²) in [7, 11) is 0. The molecule has 74 valence electrons. The standard InChI is InChI=1S/C9H18Br2O/c10-9(11)7-5-3-1-2-4-6-8-12/h9,12H,1-8H2. The summed E-state index contributed by atoms with van der Waals surface area (Å²) in [5.41, 5.74) is 0. The summed E-state index contributed by atoms with van der Waals surface area (Å²) in [5.74, 6) is 0. The minimum atomic E-state index is 0.352. The Hall–Kier alpha value is 0.920. The van der Waals surface area contributed by atoms with Crippen LogP contribution in [0.25, 0.3) is 0 Å². The molecule has 3 heteroatoms. The van der Waals surface area contributed by atoms with Crippen LogP contribution in [0.5, 0.6) is 0 Å². The van der Waals surface area contributed by atoms with Gasteiger partial charge in [-0.25, -0.2) is 0 Å². The number of hydrogen-bond donors (Lipinski definition) is 1. The fourth-order valence-corrected chi connectivity index (χ4v) is 1.77. The first-order chi connectivity index (χ1) is 5.77. The van der Waals surface area contributed by atoms with Gasteiger partial charge in [-0.15, -0.1) is 0 Å². The minimum Gasteiger partial charge on any atom is -0.396 e. The third kappa shape index (κ3) is 10.9. The van der Waals surface area contributed by atoms with Crippen LogP contribution in [-0.2, 0) is 0 Å². The van der Waals surface area contributed by atoms with E-state index in [0.717, 1.165) is 6.42 Å². The van der Waals surface area contributed by atoms with Crippen molar-refractivity contribution >= 4 is 31.9 Å². The quantitative estimate of drug-likeness (QED) is 0.534. The molecule has 1 N–H and O–H groups in total. The molecule has 0 bridgehead atoms. The highest BCUT2D eigenvalue weighted by Gasteiger charge is 1.96. The highest BCUT2D eigenvalue weighted by atomic mass is 79.9. The molecule has 0 aliphatic heterocycles. The zero-order valence-corrected chi connectivity index (χ0v) is 10.6. The van der Waals surface area contributed by atoms with Gasteiger partial charge in [-0.1, -0.05) is 64.0 Å². The van der Waals surface area contributed by atoms with Gasteiger partial charge in [0.05, 0.1) is 3.74 Å². The van der Waals surface area contributed by atoms with Crippen LogP contribution in [0.2, 0.25) is 0 Å². The molecule has 0 aromatic rings. The van der Waals surface area contributed by atoms with E-state index in [0.29, 0.717) is 10.3 Å². The third-order valence-corrected chi connectivity index (χ3v) is 2.75. The van der Waals surface area contributed by atoms with Gasteiger partial charge in [0, 0.05) is 6.61 Å². The summed E-state index contributed by atoms with van der Waals surface area (Å²) in [6.45, 7) is 0.352. The van der Waals surface area contributed by atoms with E-state index in [1.807, 2.05) is 0 Å². The van der Waals surface area contributed by atoms with Crippen molar-refractivity contribution in [3.8, 4) is 0 Å². The Morgan fingerprint density at radius 3 is 1.83 bits per heavy atom. The summed E-state index contributed by atoms with van der Waals surface area (Å²) in [4.78, 5) is 0. The SMILES string of the molecule is OCCCCCCCCC(Br)Br. The van der Waals surface area contributed by atoms with Crippen molar-refractivity contribution in [2.75, 3.05) is 6.61 Å². The first-order valence-corrected chi connectivity index (χ1v) is 6.49. The normalized spacial score (nSPS) is 11.0. The number of hydrogen-bond acceptors (Lipinski definition) is 1. The lowest BCUT2D eigenvalue weighted by atomic mass is 10.1. The molecule has 0 amide bonds. The Morgan fingerprint density at radius 1 is 0.833 bits per heavy atom. The monoisotopic (exact) mass is 300 g/mol. The molecule has 0 saturated heterocycles. The number of halogens is 2. The lowest BCUT2D eigenvalue weighted by Crippen LogP contribution is -1.87. The molecule has 0 rings (SSSR count). The van der Waals surface area contributed by atoms with Crippen molar-refractivity contribution in [2.45, 2.75) is 48.7 Å². The number of aliphatic hydroxyl groups excluding tert-OH is 1. The van der Waals surface area contributed by atoms with Crippen molar-refractivity contribution in [1.82, 2.24) is 0 Å². The number of rotatable bonds is 8. The van der Waals surface area contributed by atoms with Crippen LogP contribution in [0.3, 0.4) is 0 Å². The number of unbranched alkanes of at least 4 members (excludes halogenated alkanes) is 5. The predicted molar refractivity (Wildman–Crippen MR) is 61.0 cm³/mol. The molecule has 0 radical (unpaired) electrons. The number of alkyl halides is 2. The fourth-order valence-electron chi connectivity index (χ4n) is 1.12. The van der Waals surface area contributed by atoms with E-state index in [1.54, 1.807) is 0 Å². The smallest absolute Gasteiger partial charge is 0.0697 e. The Bertz CT molecular complexity index is 86.6. The topological polar surface area (TPSA) is 20.2 Å². The van der Waals surface area contributed by atoms with E-state index in [4.69, 9.17) is 5.11 Å². The summed E-state index contributed by atoms with van der Waals surface area (Å²) in [6, 6.07) is 0. The molecule has 0 unspecified atom stereocenters. The first-order valence-electron chi connectivity index (χ1n) is 4.66. The lowest BCUT2D eigenvalue weighted by Gasteiger charge is -2.01. The van der Waals surface area contributed by atoms with E-state index < -0.39 is 0 Å². The maximum absolute atomic E-state index is 8.53. The summed E-state index contributed by atoms with van der Waals surface area (Å²) in [6.07, 6.45) is 8.56. The van der Waals surface area contributed by atoms with Crippen LogP contribution in [0.15, 0.2) is 0 Å². The van der Waals surface area contributed by atoms with Gasteiger partial charge in [0.2, 0.25) is 0 Å². The molecule has 0 aromatic carbocycles. The lowest BCUT2D eigenvalue weighted by molar-refractivity contribution is 0.282. The first kappa shape index (κ1) is 12.9. The molecular formula is C9H18Br2O. The fraction of sp³-hybridized carbons (Fsp3) is 1.00. The molecule has 12 heavy (non-hydrogen) atoms. The van der Waals surface area contributed by atoms with Gasteiger partial charge in [0.15, 0.2) is 0 Å². The second-order valence-corrected chi connectivity index (χ2v) is 6.46. The molecule has 0 aliphatic rings. The second-order valence-electron chi connectivity index (χ2n) is 3.02. The molecule has 0 atom stereocenters. The van der Waals surface area contributed by atoms with Crippen molar-refractivity contribution in [1.29, 1.82) is 0 Å². The molecule has 0 heterocycles. The molecular weight excluding hydrogens is 284 g/mol. The zero-order chi connectivity index (χ0) is 9.23. The van der Waals surface area contributed by atoms with E-state index in [1.165, 1.54) is 38.5 Å². The molecule has 0 aliphatic carbocycles. The Morgan fingerprint density at radius 2 is 1.33 bits per heavy atom. The van der Waals surface area contributed by atoms with E-state index >= 15 is 0 Å². The predicted octanol–water partition coefficient (Wildman–Crippen LogP) is 3.83. The van der Waals surface area contributed by atoms with Crippen molar-refractivity contribution in [3.05, 3.63) is 0 Å². The van der Waals surface area contributed by atoms with Crippen LogP contribution in [-0.4, -0.2) is 15.4 Å². The van der Waals surface area contributed by atoms with Gasteiger partial charge in [-0.05, 0) is 12.8 Å². The average molecular weight is 302 g/mol. The summed E-state index contributed by atoms with van der Waals surface area (Å²) >= 11 is 6.90. The van der Waals surface area contributed by atoms with Gasteiger partial charge >= 0.3 is 0 Å². The van der Waals surface area contributed by atoms with E-state index in [9.17, 15) is 0 Å². The third-order valence-electron chi connectivity index (χ3n) is 1.83. The average Bonchev–Trinajstić information content (AvgIpc) is 2.02. The van der Waals surface area contributed by atoms with Crippen molar-refractivity contribution in [3.63, 3.8) is 0 Å². The van der Waals surface area contributed by atoms with Crippen LogP contribution in [0.1, 0.15) is 44.9 Å². The Balaban J connectivity index is 2.82. The molecule has 0 saturated carbocycles. The molecule has 0 aromatic heterocycles. The van der Waals surface area contributed by atoms with Gasteiger partial charge in [-0.3, -0.25) is 0 Å². The number of aliphatic hydroxyl groups is 1. The highest BCUT2D eigenvalue weighted by Crippen LogP contribution is 2.17. The van der Waals surface area contributed by atoms with Crippen molar-refractivity contribution < 1.29 is 5.11 Å². The summed E-state index contributed by atoms with van der Waals surface area (Å²) < 4.78 is 0.488. The van der Waals surface area contributed by atoms with Gasteiger partial charge in [-0.2, -0.15) is 0 Å². The van der Waals surface area contributed by atoms with E-state index in [-0.39, 0.29) is 0 Å². The Labute approximate surface area is 92.2 Å².